The predicted molar refractivity (Wildman–Crippen MR) is 148 cm³/mol. The summed E-state index contributed by atoms with van der Waals surface area (Å²) in [6, 6.07) is 6.46. The van der Waals surface area contributed by atoms with Crippen LogP contribution < -0.4 is 9.62 Å². The second kappa shape index (κ2) is 13.4. The lowest BCUT2D eigenvalue weighted by molar-refractivity contribution is -0.139. The minimum absolute atomic E-state index is 0.0102. The summed E-state index contributed by atoms with van der Waals surface area (Å²) in [5, 5.41) is 3.59. The zero-order valence-corrected chi connectivity index (χ0v) is 24.4. The summed E-state index contributed by atoms with van der Waals surface area (Å²) >= 11 is 30.4. The van der Waals surface area contributed by atoms with Crippen molar-refractivity contribution in [2.45, 2.75) is 39.3 Å². The number of unbranched alkanes of at least 4 members (excludes halogenated alkanes) is 1. The molecule has 0 bridgehead atoms. The third kappa shape index (κ3) is 8.30. The molecule has 0 unspecified atom stereocenters. The topological polar surface area (TPSA) is 86.8 Å². The zero-order chi connectivity index (χ0) is 27.2. The molecule has 0 aromatic heterocycles. The normalized spacial score (nSPS) is 12.2. The molecule has 0 spiro atoms. The Morgan fingerprint density at radius 2 is 1.56 bits per heavy atom. The zero-order valence-electron chi connectivity index (χ0n) is 19.8. The van der Waals surface area contributed by atoms with Crippen LogP contribution in [0.2, 0.25) is 25.1 Å². The summed E-state index contributed by atoms with van der Waals surface area (Å²) in [4.78, 5) is 27.6. The van der Waals surface area contributed by atoms with Crippen molar-refractivity contribution in [1.82, 2.24) is 10.2 Å². The van der Waals surface area contributed by atoms with Gasteiger partial charge in [0, 0.05) is 13.1 Å². The Bertz CT molecular complexity index is 1230. The van der Waals surface area contributed by atoms with Crippen LogP contribution in [0, 0.1) is 0 Å². The van der Waals surface area contributed by atoms with Crippen LogP contribution in [0.1, 0.15) is 32.3 Å². The van der Waals surface area contributed by atoms with E-state index in [2.05, 4.69) is 5.32 Å². The van der Waals surface area contributed by atoms with E-state index in [0.29, 0.717) is 17.1 Å². The average molecular weight is 618 g/mol. The predicted octanol–water partition coefficient (Wildman–Crippen LogP) is 6.05. The van der Waals surface area contributed by atoms with Gasteiger partial charge < -0.3 is 10.2 Å². The summed E-state index contributed by atoms with van der Waals surface area (Å²) in [6.07, 6.45) is 2.59. The van der Waals surface area contributed by atoms with Crippen LogP contribution in [-0.2, 0) is 26.2 Å². The fourth-order valence-electron chi connectivity index (χ4n) is 3.25. The Morgan fingerprint density at radius 1 is 0.944 bits per heavy atom. The molecule has 0 aliphatic rings. The maximum Gasteiger partial charge on any atom is 0.244 e. The van der Waals surface area contributed by atoms with E-state index in [9.17, 15) is 18.0 Å². The quantitative estimate of drug-likeness (QED) is 0.246. The van der Waals surface area contributed by atoms with Crippen molar-refractivity contribution in [1.29, 1.82) is 0 Å². The fourth-order valence-corrected chi connectivity index (χ4v) is 5.12. The number of carbonyl (C=O) groups excluding carboxylic acids is 2. The van der Waals surface area contributed by atoms with Gasteiger partial charge in [0.2, 0.25) is 21.8 Å². The molecule has 0 heterocycles. The standard InChI is InChI=1S/C23H26Cl5N3O4S/c1-4-5-8-29-23(33)14(2)30(12-15-6-7-16(24)17(25)9-15)22(32)13-31(36(3,34)35)21-11-19(27)18(26)10-20(21)28/h6-7,9-11,14H,4-5,8,12-13H2,1-3H3,(H,29,33)/t14-/m1/s1. The number of carbonyl (C=O) groups is 2. The van der Waals surface area contributed by atoms with E-state index in [-0.39, 0.29) is 38.2 Å². The molecule has 1 atom stereocenters. The molecule has 36 heavy (non-hydrogen) atoms. The number of hydrogen-bond acceptors (Lipinski definition) is 4. The van der Waals surface area contributed by atoms with Crippen molar-refractivity contribution < 1.29 is 18.0 Å². The first-order valence-corrected chi connectivity index (χ1v) is 14.6. The van der Waals surface area contributed by atoms with Gasteiger partial charge >= 0.3 is 0 Å². The van der Waals surface area contributed by atoms with Gasteiger partial charge in [-0.1, -0.05) is 77.4 Å². The Labute approximate surface area is 236 Å². The summed E-state index contributed by atoms with van der Waals surface area (Å²) in [7, 11) is -3.99. The minimum Gasteiger partial charge on any atom is -0.354 e. The smallest absolute Gasteiger partial charge is 0.244 e. The number of amides is 2. The van der Waals surface area contributed by atoms with Gasteiger partial charge in [-0.2, -0.15) is 0 Å². The second-order valence-electron chi connectivity index (χ2n) is 8.08. The Kier molecular flexibility index (Phi) is 11.5. The van der Waals surface area contributed by atoms with Crippen LogP contribution >= 0.6 is 58.0 Å². The molecule has 0 aliphatic carbocycles. The van der Waals surface area contributed by atoms with E-state index in [1.807, 2.05) is 6.92 Å². The highest BCUT2D eigenvalue weighted by atomic mass is 35.5. The van der Waals surface area contributed by atoms with E-state index in [4.69, 9.17) is 58.0 Å². The van der Waals surface area contributed by atoms with Crippen molar-refractivity contribution >= 4 is 85.5 Å². The van der Waals surface area contributed by atoms with Crippen LogP contribution in [0.15, 0.2) is 30.3 Å². The monoisotopic (exact) mass is 615 g/mol. The van der Waals surface area contributed by atoms with Gasteiger partial charge in [-0.3, -0.25) is 13.9 Å². The molecule has 0 radical (unpaired) electrons. The SMILES string of the molecule is CCCCNC(=O)[C@@H](C)N(Cc1ccc(Cl)c(Cl)c1)C(=O)CN(c1cc(Cl)c(Cl)cc1Cl)S(C)(=O)=O. The first-order chi connectivity index (χ1) is 16.8. The molecule has 198 valence electrons. The third-order valence-corrected chi connectivity index (χ3v) is 8.16. The average Bonchev–Trinajstić information content (AvgIpc) is 2.79. The number of rotatable bonds is 11. The molecule has 0 saturated carbocycles. The number of anilines is 1. The van der Waals surface area contributed by atoms with Crippen molar-refractivity contribution in [3.63, 3.8) is 0 Å². The van der Waals surface area contributed by atoms with Crippen LogP contribution in [0.4, 0.5) is 5.69 Å². The van der Waals surface area contributed by atoms with Gasteiger partial charge in [-0.15, -0.1) is 0 Å². The van der Waals surface area contributed by atoms with Gasteiger partial charge in [-0.05, 0) is 43.2 Å². The summed E-state index contributed by atoms with van der Waals surface area (Å²) in [5.74, 6) is -1.03. The number of benzene rings is 2. The molecule has 13 heteroatoms. The van der Waals surface area contributed by atoms with Gasteiger partial charge in [0.25, 0.3) is 0 Å². The first-order valence-electron chi connectivity index (χ1n) is 10.9. The Hall–Kier alpha value is -1.42. The molecular weight excluding hydrogens is 592 g/mol. The highest BCUT2D eigenvalue weighted by molar-refractivity contribution is 7.92. The van der Waals surface area contributed by atoms with Gasteiger partial charge in [0.1, 0.15) is 12.6 Å². The van der Waals surface area contributed by atoms with E-state index >= 15 is 0 Å². The molecule has 0 aliphatic heterocycles. The van der Waals surface area contributed by atoms with Crippen molar-refractivity contribution in [3.8, 4) is 0 Å². The molecule has 0 saturated heterocycles. The largest absolute Gasteiger partial charge is 0.354 e. The summed E-state index contributed by atoms with van der Waals surface area (Å²) in [6.45, 7) is 3.34. The Morgan fingerprint density at radius 3 is 2.14 bits per heavy atom. The fraction of sp³-hybridized carbons (Fsp3) is 0.391. The highest BCUT2D eigenvalue weighted by Gasteiger charge is 2.31. The third-order valence-electron chi connectivity index (χ3n) is 5.27. The maximum absolute atomic E-state index is 13.5. The van der Waals surface area contributed by atoms with Crippen LogP contribution in [0.25, 0.3) is 0 Å². The number of nitrogens with zero attached hydrogens (tertiary/aromatic N) is 2. The van der Waals surface area contributed by atoms with Gasteiger partial charge in [0.05, 0.1) is 37.1 Å². The molecular formula is C23H26Cl5N3O4S. The highest BCUT2D eigenvalue weighted by Crippen LogP contribution is 2.35. The van der Waals surface area contributed by atoms with Crippen LogP contribution in [-0.4, -0.2) is 50.5 Å². The number of hydrogen-bond donors (Lipinski definition) is 1. The summed E-state index contributed by atoms with van der Waals surface area (Å²) in [5.41, 5.74) is 0.584. The van der Waals surface area contributed by atoms with E-state index in [0.717, 1.165) is 23.4 Å². The van der Waals surface area contributed by atoms with Gasteiger partial charge in [-0.25, -0.2) is 8.42 Å². The van der Waals surface area contributed by atoms with E-state index < -0.39 is 28.5 Å². The van der Waals surface area contributed by atoms with Crippen molar-refractivity contribution in [2.75, 3.05) is 23.7 Å². The molecule has 2 aromatic carbocycles. The van der Waals surface area contributed by atoms with Gasteiger partial charge in [0.15, 0.2) is 0 Å². The first kappa shape index (κ1) is 30.8. The summed E-state index contributed by atoms with van der Waals surface area (Å²) < 4.78 is 26.2. The molecule has 0 fully saturated rings. The molecule has 7 nitrogen and oxygen atoms in total. The maximum atomic E-state index is 13.5. The second-order valence-corrected chi connectivity index (χ2v) is 12.0. The lowest BCUT2D eigenvalue weighted by atomic mass is 10.1. The van der Waals surface area contributed by atoms with E-state index in [1.165, 1.54) is 17.0 Å². The van der Waals surface area contributed by atoms with Crippen molar-refractivity contribution in [2.24, 2.45) is 0 Å². The Balaban J connectivity index is 2.44. The number of sulfonamides is 1. The van der Waals surface area contributed by atoms with Crippen LogP contribution in [0.3, 0.4) is 0 Å². The molecule has 1 N–H and O–H groups in total. The van der Waals surface area contributed by atoms with Crippen molar-refractivity contribution in [3.05, 3.63) is 61.0 Å². The van der Waals surface area contributed by atoms with Crippen LogP contribution in [0.5, 0.6) is 0 Å². The lowest BCUT2D eigenvalue weighted by Crippen LogP contribution is -2.51. The number of nitrogens with one attached hydrogen (secondary N) is 1. The molecule has 2 rings (SSSR count). The van der Waals surface area contributed by atoms with E-state index in [1.54, 1.807) is 25.1 Å². The minimum atomic E-state index is -3.99. The lowest BCUT2D eigenvalue weighted by Gasteiger charge is -2.32. The number of halogens is 5. The molecule has 2 aromatic rings. The molecule has 2 amide bonds.